The van der Waals surface area contributed by atoms with Crippen molar-refractivity contribution >= 4 is 11.6 Å². The van der Waals surface area contributed by atoms with E-state index in [0.717, 1.165) is 43.9 Å². The lowest BCUT2D eigenvalue weighted by Crippen LogP contribution is -2.37. The molecule has 2 N–H and O–H groups in total. The summed E-state index contributed by atoms with van der Waals surface area (Å²) in [5.74, 6) is 0.559. The average molecular weight is 246 g/mol. The third-order valence-corrected chi connectivity index (χ3v) is 3.88. The number of nitrogens with zero attached hydrogens (tertiary/aromatic N) is 1. The van der Waals surface area contributed by atoms with Gasteiger partial charge < -0.3 is 15.4 Å². The van der Waals surface area contributed by atoms with Crippen LogP contribution in [0.5, 0.6) is 0 Å². The Morgan fingerprint density at radius 2 is 2.00 bits per heavy atom. The third kappa shape index (κ3) is 1.91. The van der Waals surface area contributed by atoms with Gasteiger partial charge >= 0.3 is 0 Å². The number of ether oxygens (including phenoxy) is 1. The fourth-order valence-corrected chi connectivity index (χ4v) is 2.79. The van der Waals surface area contributed by atoms with E-state index in [9.17, 15) is 4.79 Å². The number of carbonyl (C=O) groups excluding carboxylic acids is 1. The molecule has 1 saturated heterocycles. The topological polar surface area (TPSA) is 55.6 Å². The molecule has 1 aromatic rings. The van der Waals surface area contributed by atoms with E-state index in [-0.39, 0.29) is 5.91 Å². The molecule has 4 heteroatoms. The van der Waals surface area contributed by atoms with Gasteiger partial charge in [0.1, 0.15) is 6.04 Å². The van der Waals surface area contributed by atoms with Crippen molar-refractivity contribution in [3.05, 3.63) is 29.8 Å². The zero-order chi connectivity index (χ0) is 12.5. The van der Waals surface area contributed by atoms with Gasteiger partial charge in [0.25, 0.3) is 0 Å². The van der Waals surface area contributed by atoms with Crippen LogP contribution >= 0.6 is 0 Å². The summed E-state index contributed by atoms with van der Waals surface area (Å²) in [6.07, 6.45) is 2.06. The van der Waals surface area contributed by atoms with Crippen LogP contribution in [0.1, 0.15) is 24.4 Å². The Bertz CT molecular complexity index is 455. The average Bonchev–Trinajstić information content (AvgIpc) is 2.66. The molecule has 0 bridgehead atoms. The van der Waals surface area contributed by atoms with E-state index >= 15 is 0 Å². The molecule has 0 saturated carbocycles. The highest BCUT2D eigenvalue weighted by atomic mass is 16.5. The van der Waals surface area contributed by atoms with E-state index in [2.05, 4.69) is 0 Å². The molecule has 2 heterocycles. The number of benzene rings is 1. The minimum Gasteiger partial charge on any atom is -0.381 e. The van der Waals surface area contributed by atoms with Gasteiger partial charge in [0.05, 0.1) is 0 Å². The Morgan fingerprint density at radius 3 is 2.78 bits per heavy atom. The molecule has 2 aliphatic heterocycles. The van der Waals surface area contributed by atoms with Gasteiger partial charge in [0.2, 0.25) is 5.91 Å². The molecule has 0 radical (unpaired) electrons. The Kier molecular flexibility index (Phi) is 3.06. The molecular formula is C14H18N2O2. The summed E-state index contributed by atoms with van der Waals surface area (Å²) < 4.78 is 5.35. The monoisotopic (exact) mass is 246 g/mol. The highest BCUT2D eigenvalue weighted by Gasteiger charge is 2.35. The van der Waals surface area contributed by atoms with E-state index in [0.29, 0.717) is 5.92 Å². The first kappa shape index (κ1) is 11.7. The van der Waals surface area contributed by atoms with Gasteiger partial charge in [-0.1, -0.05) is 18.2 Å². The number of rotatable bonds is 2. The van der Waals surface area contributed by atoms with Crippen LogP contribution < -0.4 is 10.6 Å². The molecule has 18 heavy (non-hydrogen) atoms. The van der Waals surface area contributed by atoms with E-state index < -0.39 is 6.04 Å². The second-order valence-electron chi connectivity index (χ2n) is 5.04. The zero-order valence-corrected chi connectivity index (χ0v) is 10.3. The van der Waals surface area contributed by atoms with Crippen molar-refractivity contribution in [1.29, 1.82) is 0 Å². The zero-order valence-electron chi connectivity index (χ0n) is 10.3. The number of hydrogen-bond acceptors (Lipinski definition) is 3. The quantitative estimate of drug-likeness (QED) is 0.859. The van der Waals surface area contributed by atoms with Gasteiger partial charge in [0.15, 0.2) is 0 Å². The highest BCUT2D eigenvalue weighted by molar-refractivity contribution is 6.04. The van der Waals surface area contributed by atoms with Crippen molar-refractivity contribution in [3.63, 3.8) is 0 Å². The third-order valence-electron chi connectivity index (χ3n) is 3.88. The van der Waals surface area contributed by atoms with Gasteiger partial charge in [-0.2, -0.15) is 0 Å². The van der Waals surface area contributed by atoms with Gasteiger partial charge in [-0.25, -0.2) is 0 Å². The Balaban J connectivity index is 1.81. The molecule has 0 aromatic heterocycles. The standard InChI is InChI=1S/C14H18N2O2/c15-13-11-3-1-2-4-12(11)16(14(13)17)9-10-5-7-18-8-6-10/h1-4,10,13H,5-9,15H2. The minimum absolute atomic E-state index is 0.0303. The second-order valence-corrected chi connectivity index (χ2v) is 5.04. The summed E-state index contributed by atoms with van der Waals surface area (Å²) in [7, 11) is 0. The molecule has 0 spiro atoms. The SMILES string of the molecule is NC1C(=O)N(CC2CCOCC2)c2ccccc21. The van der Waals surface area contributed by atoms with Gasteiger partial charge in [-0.15, -0.1) is 0 Å². The van der Waals surface area contributed by atoms with Crippen LogP contribution in [0.2, 0.25) is 0 Å². The van der Waals surface area contributed by atoms with Crippen LogP contribution in [0, 0.1) is 5.92 Å². The number of nitrogens with two attached hydrogens (primary N) is 1. The van der Waals surface area contributed by atoms with Crippen LogP contribution in [0.15, 0.2) is 24.3 Å². The fourth-order valence-electron chi connectivity index (χ4n) is 2.79. The van der Waals surface area contributed by atoms with E-state index in [1.807, 2.05) is 29.2 Å². The van der Waals surface area contributed by atoms with Crippen molar-refractivity contribution in [1.82, 2.24) is 0 Å². The lowest BCUT2D eigenvalue weighted by Gasteiger charge is -2.27. The molecule has 1 unspecified atom stereocenters. The molecule has 1 amide bonds. The molecule has 2 aliphatic rings. The second kappa shape index (κ2) is 4.71. The predicted octanol–water partition coefficient (Wildman–Crippen LogP) is 1.46. The number of fused-ring (bicyclic) bond motifs is 1. The van der Waals surface area contributed by atoms with Gasteiger partial charge in [0, 0.05) is 31.0 Å². The summed E-state index contributed by atoms with van der Waals surface area (Å²) in [6.45, 7) is 2.38. The summed E-state index contributed by atoms with van der Waals surface area (Å²) in [5.41, 5.74) is 7.91. The molecular weight excluding hydrogens is 228 g/mol. The van der Waals surface area contributed by atoms with Crippen LogP contribution in [0.4, 0.5) is 5.69 Å². The summed E-state index contributed by atoms with van der Waals surface area (Å²) >= 11 is 0. The number of carbonyl (C=O) groups is 1. The predicted molar refractivity (Wildman–Crippen MR) is 69.3 cm³/mol. The summed E-state index contributed by atoms with van der Waals surface area (Å²) in [4.78, 5) is 14.1. The first-order valence-corrected chi connectivity index (χ1v) is 6.51. The first-order valence-electron chi connectivity index (χ1n) is 6.51. The molecule has 3 rings (SSSR count). The molecule has 1 atom stereocenters. The van der Waals surface area contributed by atoms with Crippen molar-refractivity contribution in [2.45, 2.75) is 18.9 Å². The largest absolute Gasteiger partial charge is 0.381 e. The van der Waals surface area contributed by atoms with Crippen molar-refractivity contribution < 1.29 is 9.53 Å². The Labute approximate surface area is 107 Å². The Hall–Kier alpha value is -1.39. The molecule has 1 fully saturated rings. The first-order chi connectivity index (χ1) is 8.77. The van der Waals surface area contributed by atoms with Crippen LogP contribution in [-0.2, 0) is 9.53 Å². The number of anilines is 1. The number of amides is 1. The lowest BCUT2D eigenvalue weighted by molar-refractivity contribution is -0.119. The van der Waals surface area contributed by atoms with E-state index in [4.69, 9.17) is 10.5 Å². The van der Waals surface area contributed by atoms with Crippen molar-refractivity contribution in [3.8, 4) is 0 Å². The van der Waals surface area contributed by atoms with Crippen molar-refractivity contribution in [2.24, 2.45) is 11.7 Å². The summed E-state index contributed by atoms with van der Waals surface area (Å²) in [5, 5.41) is 0. The van der Waals surface area contributed by atoms with Gasteiger partial charge in [-0.05, 0) is 24.8 Å². The Morgan fingerprint density at radius 1 is 1.28 bits per heavy atom. The molecule has 96 valence electrons. The molecule has 1 aromatic carbocycles. The normalized spacial score (nSPS) is 24.4. The lowest BCUT2D eigenvalue weighted by atomic mass is 10.00. The van der Waals surface area contributed by atoms with Gasteiger partial charge in [-0.3, -0.25) is 4.79 Å². The maximum absolute atomic E-state index is 12.2. The van der Waals surface area contributed by atoms with Crippen LogP contribution in [-0.4, -0.2) is 25.7 Å². The summed E-state index contributed by atoms with van der Waals surface area (Å²) in [6, 6.07) is 7.34. The molecule has 0 aliphatic carbocycles. The minimum atomic E-state index is -0.485. The number of hydrogen-bond donors (Lipinski definition) is 1. The van der Waals surface area contributed by atoms with Crippen LogP contribution in [0.3, 0.4) is 0 Å². The fraction of sp³-hybridized carbons (Fsp3) is 0.500. The smallest absolute Gasteiger partial charge is 0.248 e. The van der Waals surface area contributed by atoms with Crippen LogP contribution in [0.25, 0.3) is 0 Å². The van der Waals surface area contributed by atoms with Crippen molar-refractivity contribution in [2.75, 3.05) is 24.7 Å². The molecule has 4 nitrogen and oxygen atoms in total. The number of para-hydroxylation sites is 1. The maximum atomic E-state index is 12.2. The maximum Gasteiger partial charge on any atom is 0.248 e. The highest BCUT2D eigenvalue weighted by Crippen LogP contribution is 2.35. The van der Waals surface area contributed by atoms with E-state index in [1.165, 1.54) is 0 Å². The van der Waals surface area contributed by atoms with E-state index in [1.54, 1.807) is 0 Å².